The van der Waals surface area contributed by atoms with Crippen molar-refractivity contribution in [2.75, 3.05) is 18.9 Å². The molecular weight excluding hydrogens is 216 g/mol. The van der Waals surface area contributed by atoms with Crippen LogP contribution in [0.4, 0.5) is 5.69 Å². The molecule has 1 heterocycles. The number of rotatable bonds is 2. The van der Waals surface area contributed by atoms with Crippen LogP contribution in [0, 0.1) is 6.92 Å². The largest absolute Gasteiger partial charge is 0.399 e. The Balaban J connectivity index is 2.17. The SMILES string of the molecule is Cc1ccc(N)cc1C(=O)NC1(C)CCOC1. The second kappa shape index (κ2) is 4.37. The number of amides is 1. The Morgan fingerprint density at radius 3 is 2.94 bits per heavy atom. The van der Waals surface area contributed by atoms with Crippen molar-refractivity contribution in [2.24, 2.45) is 0 Å². The van der Waals surface area contributed by atoms with Crippen molar-refractivity contribution < 1.29 is 9.53 Å². The van der Waals surface area contributed by atoms with Crippen LogP contribution >= 0.6 is 0 Å². The van der Waals surface area contributed by atoms with Crippen molar-refractivity contribution in [3.63, 3.8) is 0 Å². The molecule has 3 N–H and O–H groups in total. The molecule has 1 aliphatic heterocycles. The minimum Gasteiger partial charge on any atom is -0.399 e. The average Bonchev–Trinajstić information content (AvgIpc) is 2.68. The van der Waals surface area contributed by atoms with E-state index in [0.29, 0.717) is 24.5 Å². The van der Waals surface area contributed by atoms with E-state index in [4.69, 9.17) is 10.5 Å². The number of nitrogens with one attached hydrogen (secondary N) is 1. The first-order valence-electron chi connectivity index (χ1n) is 5.77. The Kier molecular flexibility index (Phi) is 3.07. The number of nitrogens with two attached hydrogens (primary N) is 1. The third kappa shape index (κ3) is 2.58. The van der Waals surface area contributed by atoms with E-state index in [2.05, 4.69) is 5.32 Å². The summed E-state index contributed by atoms with van der Waals surface area (Å²) in [5, 5.41) is 3.02. The molecule has 1 aliphatic rings. The molecule has 1 saturated heterocycles. The number of benzene rings is 1. The first kappa shape index (κ1) is 11.9. The van der Waals surface area contributed by atoms with E-state index in [9.17, 15) is 4.79 Å². The summed E-state index contributed by atoms with van der Waals surface area (Å²) in [4.78, 5) is 12.2. The van der Waals surface area contributed by atoms with Gasteiger partial charge in [0, 0.05) is 17.9 Å². The maximum atomic E-state index is 12.2. The Labute approximate surface area is 101 Å². The van der Waals surface area contributed by atoms with Crippen LogP contribution in [0.15, 0.2) is 18.2 Å². The molecule has 1 amide bonds. The van der Waals surface area contributed by atoms with Crippen LogP contribution < -0.4 is 11.1 Å². The molecule has 1 aromatic rings. The highest BCUT2D eigenvalue weighted by Crippen LogP contribution is 2.19. The topological polar surface area (TPSA) is 64.4 Å². The number of carbonyl (C=O) groups is 1. The predicted octanol–water partition coefficient (Wildman–Crippen LogP) is 1.49. The van der Waals surface area contributed by atoms with E-state index < -0.39 is 0 Å². The Bertz CT molecular complexity index is 437. The van der Waals surface area contributed by atoms with Crippen LogP contribution in [0.1, 0.15) is 29.3 Å². The maximum Gasteiger partial charge on any atom is 0.252 e. The molecule has 1 aromatic carbocycles. The number of nitrogen functional groups attached to an aromatic ring is 1. The van der Waals surface area contributed by atoms with Crippen LogP contribution in [0.25, 0.3) is 0 Å². The zero-order chi connectivity index (χ0) is 12.5. The summed E-state index contributed by atoms with van der Waals surface area (Å²) in [6, 6.07) is 5.37. The standard InChI is InChI=1S/C13H18N2O2/c1-9-3-4-10(14)7-11(9)12(16)15-13(2)5-6-17-8-13/h3-4,7H,5-6,8,14H2,1-2H3,(H,15,16). The molecule has 0 saturated carbocycles. The second-order valence-electron chi connectivity index (χ2n) is 4.89. The van der Waals surface area contributed by atoms with Crippen molar-refractivity contribution in [1.82, 2.24) is 5.32 Å². The molecule has 4 heteroatoms. The summed E-state index contributed by atoms with van der Waals surface area (Å²) in [5.74, 6) is -0.0807. The van der Waals surface area contributed by atoms with E-state index >= 15 is 0 Å². The number of anilines is 1. The average molecular weight is 234 g/mol. The van der Waals surface area contributed by atoms with Gasteiger partial charge in [-0.3, -0.25) is 4.79 Å². The van der Waals surface area contributed by atoms with Gasteiger partial charge in [0.05, 0.1) is 12.1 Å². The van der Waals surface area contributed by atoms with Gasteiger partial charge in [0.25, 0.3) is 5.91 Å². The summed E-state index contributed by atoms with van der Waals surface area (Å²) in [6.07, 6.45) is 0.847. The lowest BCUT2D eigenvalue weighted by Crippen LogP contribution is -2.46. The van der Waals surface area contributed by atoms with Crippen LogP contribution in [0.3, 0.4) is 0 Å². The summed E-state index contributed by atoms with van der Waals surface area (Å²) in [5.41, 5.74) is 7.62. The van der Waals surface area contributed by atoms with Gasteiger partial charge in [-0.25, -0.2) is 0 Å². The molecule has 2 rings (SSSR count). The highest BCUT2D eigenvalue weighted by molar-refractivity contribution is 5.96. The van der Waals surface area contributed by atoms with Gasteiger partial charge < -0.3 is 15.8 Å². The quantitative estimate of drug-likeness (QED) is 0.762. The minimum atomic E-state index is -0.256. The summed E-state index contributed by atoms with van der Waals surface area (Å²) < 4.78 is 5.31. The minimum absolute atomic E-state index is 0.0807. The lowest BCUT2D eigenvalue weighted by molar-refractivity contribution is 0.0889. The third-order valence-electron chi connectivity index (χ3n) is 3.14. The zero-order valence-corrected chi connectivity index (χ0v) is 10.2. The number of aryl methyl sites for hydroxylation is 1. The van der Waals surface area contributed by atoms with Gasteiger partial charge in [0.2, 0.25) is 0 Å². The molecule has 0 aliphatic carbocycles. The van der Waals surface area contributed by atoms with E-state index in [1.165, 1.54) is 0 Å². The highest BCUT2D eigenvalue weighted by Gasteiger charge is 2.31. The van der Waals surface area contributed by atoms with E-state index in [-0.39, 0.29) is 11.4 Å². The smallest absolute Gasteiger partial charge is 0.252 e. The summed E-state index contributed by atoms with van der Waals surface area (Å²) >= 11 is 0. The van der Waals surface area contributed by atoms with E-state index in [0.717, 1.165) is 12.0 Å². The van der Waals surface area contributed by atoms with Gasteiger partial charge in [0.1, 0.15) is 0 Å². The number of ether oxygens (including phenoxy) is 1. The van der Waals surface area contributed by atoms with Crippen molar-refractivity contribution in [3.05, 3.63) is 29.3 Å². The van der Waals surface area contributed by atoms with Gasteiger partial charge in [-0.15, -0.1) is 0 Å². The molecule has 0 radical (unpaired) electrons. The highest BCUT2D eigenvalue weighted by atomic mass is 16.5. The zero-order valence-electron chi connectivity index (χ0n) is 10.2. The van der Waals surface area contributed by atoms with Gasteiger partial charge in [-0.1, -0.05) is 6.07 Å². The summed E-state index contributed by atoms with van der Waals surface area (Å²) in [7, 11) is 0. The van der Waals surface area contributed by atoms with Crippen molar-refractivity contribution >= 4 is 11.6 Å². The van der Waals surface area contributed by atoms with E-state index in [1.807, 2.05) is 19.9 Å². The molecule has 0 bridgehead atoms. The molecule has 0 aromatic heterocycles. The predicted molar refractivity (Wildman–Crippen MR) is 66.9 cm³/mol. The second-order valence-corrected chi connectivity index (χ2v) is 4.89. The van der Waals surface area contributed by atoms with Crippen molar-refractivity contribution in [3.8, 4) is 0 Å². The molecule has 0 spiro atoms. The first-order valence-corrected chi connectivity index (χ1v) is 5.77. The molecule has 92 valence electrons. The molecule has 4 nitrogen and oxygen atoms in total. The first-order chi connectivity index (χ1) is 8.00. The molecule has 1 unspecified atom stereocenters. The maximum absolute atomic E-state index is 12.2. The Morgan fingerprint density at radius 1 is 1.53 bits per heavy atom. The lowest BCUT2D eigenvalue weighted by Gasteiger charge is -2.24. The molecule has 1 fully saturated rings. The molecular formula is C13H18N2O2. The number of hydrogen-bond acceptors (Lipinski definition) is 3. The van der Waals surface area contributed by atoms with Crippen LogP contribution in [-0.4, -0.2) is 24.7 Å². The fourth-order valence-corrected chi connectivity index (χ4v) is 1.99. The molecule has 17 heavy (non-hydrogen) atoms. The number of hydrogen-bond donors (Lipinski definition) is 2. The van der Waals surface area contributed by atoms with Crippen molar-refractivity contribution in [1.29, 1.82) is 0 Å². The van der Waals surface area contributed by atoms with Crippen LogP contribution in [0.5, 0.6) is 0 Å². The Morgan fingerprint density at radius 2 is 2.29 bits per heavy atom. The lowest BCUT2D eigenvalue weighted by atomic mass is 10.00. The third-order valence-corrected chi connectivity index (χ3v) is 3.14. The van der Waals surface area contributed by atoms with Gasteiger partial charge in [-0.05, 0) is 38.0 Å². The van der Waals surface area contributed by atoms with Crippen molar-refractivity contribution in [2.45, 2.75) is 25.8 Å². The van der Waals surface area contributed by atoms with E-state index in [1.54, 1.807) is 12.1 Å². The number of carbonyl (C=O) groups excluding carboxylic acids is 1. The summed E-state index contributed by atoms with van der Waals surface area (Å²) in [6.45, 7) is 5.17. The Hall–Kier alpha value is -1.55. The van der Waals surface area contributed by atoms with Gasteiger partial charge in [-0.2, -0.15) is 0 Å². The van der Waals surface area contributed by atoms with Gasteiger partial charge >= 0.3 is 0 Å². The monoisotopic (exact) mass is 234 g/mol. The molecule has 1 atom stereocenters. The fraction of sp³-hybridized carbons (Fsp3) is 0.462. The van der Waals surface area contributed by atoms with Crippen LogP contribution in [-0.2, 0) is 4.74 Å². The fourth-order valence-electron chi connectivity index (χ4n) is 1.99. The van der Waals surface area contributed by atoms with Crippen LogP contribution in [0.2, 0.25) is 0 Å². The van der Waals surface area contributed by atoms with Gasteiger partial charge in [0.15, 0.2) is 0 Å². The normalized spacial score (nSPS) is 23.6.